The number of nitrogens with zero attached hydrogens (tertiary/aromatic N) is 2. The van der Waals surface area contributed by atoms with E-state index in [1.54, 1.807) is 0 Å². The molecule has 1 aromatic heterocycles. The normalized spacial score (nSPS) is 31.2. The van der Waals surface area contributed by atoms with Gasteiger partial charge < -0.3 is 15.4 Å². The van der Waals surface area contributed by atoms with Crippen LogP contribution >= 0.6 is 0 Å². The molecule has 1 saturated carbocycles. The second kappa shape index (κ2) is 4.35. The molecule has 0 amide bonds. The third-order valence-electron chi connectivity index (χ3n) is 4.43. The molecule has 0 saturated heterocycles. The van der Waals surface area contributed by atoms with Crippen LogP contribution in [0.5, 0.6) is 0 Å². The molecule has 1 aromatic rings. The zero-order valence-electron chi connectivity index (χ0n) is 10.9. The zero-order chi connectivity index (χ0) is 13.5. The van der Waals surface area contributed by atoms with Crippen LogP contribution in [0.1, 0.15) is 56.0 Å². The van der Waals surface area contributed by atoms with Crippen molar-refractivity contribution in [2.75, 3.05) is 0 Å². The summed E-state index contributed by atoms with van der Waals surface area (Å²) in [5.41, 5.74) is 6.00. The summed E-state index contributed by atoms with van der Waals surface area (Å²) in [6, 6.07) is 0.165. The maximum Gasteiger partial charge on any atom is 0.377 e. The van der Waals surface area contributed by atoms with E-state index in [2.05, 4.69) is 30.9 Å². The number of carboxylic acid groups (broad SMARTS) is 1. The summed E-state index contributed by atoms with van der Waals surface area (Å²) in [5.74, 6) is -0.646. The molecule has 2 rings (SSSR count). The molecule has 6 nitrogen and oxygen atoms in total. The predicted molar refractivity (Wildman–Crippen MR) is 64.2 cm³/mol. The molecule has 1 aliphatic carbocycles. The number of carboxylic acids is 1. The summed E-state index contributed by atoms with van der Waals surface area (Å²) in [5, 5.41) is 12.3. The summed E-state index contributed by atoms with van der Waals surface area (Å²) >= 11 is 0. The maximum atomic E-state index is 10.8. The lowest BCUT2D eigenvalue weighted by Crippen LogP contribution is -2.45. The molecule has 100 valence electrons. The molecule has 0 spiro atoms. The summed E-state index contributed by atoms with van der Waals surface area (Å²) in [6.45, 7) is 6.35. The largest absolute Gasteiger partial charge is 0.475 e. The van der Waals surface area contributed by atoms with Crippen molar-refractivity contribution in [1.29, 1.82) is 0 Å². The molecule has 6 heteroatoms. The van der Waals surface area contributed by atoms with Gasteiger partial charge in [-0.25, -0.2) is 4.79 Å². The van der Waals surface area contributed by atoms with Gasteiger partial charge in [0.05, 0.1) is 0 Å². The predicted octanol–water partition coefficient (Wildman–Crippen LogP) is 1.63. The van der Waals surface area contributed by atoms with Crippen molar-refractivity contribution in [3.8, 4) is 0 Å². The van der Waals surface area contributed by atoms with Gasteiger partial charge in [-0.2, -0.15) is 4.98 Å². The Morgan fingerprint density at radius 2 is 2.17 bits per heavy atom. The second-order valence-electron chi connectivity index (χ2n) is 5.67. The van der Waals surface area contributed by atoms with Gasteiger partial charge in [0.2, 0.25) is 5.89 Å². The number of carbonyl (C=O) groups is 1. The first-order chi connectivity index (χ1) is 8.34. The number of aromatic carboxylic acids is 1. The Morgan fingerprint density at radius 1 is 1.50 bits per heavy atom. The van der Waals surface area contributed by atoms with E-state index in [1.807, 2.05) is 0 Å². The van der Waals surface area contributed by atoms with Gasteiger partial charge in [0.1, 0.15) is 0 Å². The van der Waals surface area contributed by atoms with Gasteiger partial charge in [-0.15, -0.1) is 0 Å². The van der Waals surface area contributed by atoms with Crippen LogP contribution in [0.3, 0.4) is 0 Å². The Bertz CT molecular complexity index is 455. The molecule has 0 bridgehead atoms. The molecule has 1 fully saturated rings. The Hall–Kier alpha value is -1.43. The molecule has 18 heavy (non-hydrogen) atoms. The van der Waals surface area contributed by atoms with Crippen molar-refractivity contribution in [3.63, 3.8) is 0 Å². The van der Waals surface area contributed by atoms with E-state index in [0.29, 0.717) is 11.8 Å². The average molecular weight is 253 g/mol. The Labute approximate surface area is 106 Å². The molecule has 0 radical (unpaired) electrons. The first-order valence-corrected chi connectivity index (χ1v) is 6.16. The molecular formula is C12H19N3O3. The summed E-state index contributed by atoms with van der Waals surface area (Å²) in [7, 11) is 0. The van der Waals surface area contributed by atoms with Crippen molar-refractivity contribution >= 4 is 5.97 Å². The number of hydrogen-bond acceptors (Lipinski definition) is 5. The minimum Gasteiger partial charge on any atom is -0.475 e. The fourth-order valence-corrected chi connectivity index (χ4v) is 2.76. The summed E-state index contributed by atoms with van der Waals surface area (Å²) in [6.07, 6.45) is 1.74. The van der Waals surface area contributed by atoms with E-state index in [4.69, 9.17) is 15.4 Å². The number of hydrogen-bond donors (Lipinski definition) is 2. The van der Waals surface area contributed by atoms with Crippen molar-refractivity contribution in [3.05, 3.63) is 11.7 Å². The first kappa shape index (κ1) is 13.0. The van der Waals surface area contributed by atoms with Crippen molar-refractivity contribution < 1.29 is 14.4 Å². The zero-order valence-corrected chi connectivity index (χ0v) is 10.9. The van der Waals surface area contributed by atoms with Crippen LogP contribution in [-0.2, 0) is 0 Å². The number of rotatable bonds is 2. The van der Waals surface area contributed by atoms with Crippen LogP contribution in [-0.4, -0.2) is 27.3 Å². The minimum atomic E-state index is -1.16. The van der Waals surface area contributed by atoms with E-state index < -0.39 is 5.97 Å². The molecule has 0 aromatic carbocycles. The third-order valence-corrected chi connectivity index (χ3v) is 4.43. The van der Waals surface area contributed by atoms with Crippen molar-refractivity contribution in [2.24, 2.45) is 17.1 Å². The van der Waals surface area contributed by atoms with E-state index >= 15 is 0 Å². The van der Waals surface area contributed by atoms with E-state index in [1.165, 1.54) is 0 Å². The molecule has 0 aliphatic heterocycles. The van der Waals surface area contributed by atoms with Gasteiger partial charge in [0.15, 0.2) is 0 Å². The molecule has 3 N–H and O–H groups in total. The minimum absolute atomic E-state index is 0.0629. The van der Waals surface area contributed by atoms with Crippen LogP contribution in [0.2, 0.25) is 0 Å². The smallest absolute Gasteiger partial charge is 0.377 e. The average Bonchev–Trinajstić information content (AvgIpc) is 2.75. The maximum absolute atomic E-state index is 10.8. The Morgan fingerprint density at radius 3 is 2.72 bits per heavy atom. The van der Waals surface area contributed by atoms with Crippen molar-refractivity contribution in [2.45, 2.75) is 45.6 Å². The van der Waals surface area contributed by atoms with Crippen LogP contribution in [0.15, 0.2) is 4.52 Å². The lowest BCUT2D eigenvalue weighted by Gasteiger charge is -2.45. The lowest BCUT2D eigenvalue weighted by atomic mass is 9.61. The quantitative estimate of drug-likeness (QED) is 0.830. The van der Waals surface area contributed by atoms with Crippen LogP contribution < -0.4 is 5.73 Å². The van der Waals surface area contributed by atoms with Crippen LogP contribution in [0, 0.1) is 11.3 Å². The molecule has 1 aliphatic rings. The van der Waals surface area contributed by atoms with E-state index in [9.17, 15) is 4.79 Å². The third kappa shape index (κ3) is 2.01. The van der Waals surface area contributed by atoms with Gasteiger partial charge >= 0.3 is 5.97 Å². The van der Waals surface area contributed by atoms with Gasteiger partial charge in [-0.1, -0.05) is 20.8 Å². The molecule has 3 unspecified atom stereocenters. The molecular weight excluding hydrogens is 234 g/mol. The fourth-order valence-electron chi connectivity index (χ4n) is 2.76. The van der Waals surface area contributed by atoms with Crippen molar-refractivity contribution in [1.82, 2.24) is 10.1 Å². The summed E-state index contributed by atoms with van der Waals surface area (Å²) < 4.78 is 5.10. The number of nitrogens with two attached hydrogens (primary N) is 1. The number of aromatic nitrogens is 2. The highest BCUT2D eigenvalue weighted by atomic mass is 16.5. The van der Waals surface area contributed by atoms with Crippen LogP contribution in [0.4, 0.5) is 0 Å². The van der Waals surface area contributed by atoms with Gasteiger partial charge in [0.25, 0.3) is 5.82 Å². The second-order valence-corrected chi connectivity index (χ2v) is 5.67. The van der Waals surface area contributed by atoms with E-state index in [-0.39, 0.29) is 23.2 Å². The lowest BCUT2D eigenvalue weighted by molar-refractivity contribution is 0.0680. The highest BCUT2D eigenvalue weighted by molar-refractivity contribution is 5.82. The van der Waals surface area contributed by atoms with Gasteiger partial charge in [-0.3, -0.25) is 0 Å². The highest BCUT2D eigenvalue weighted by Crippen LogP contribution is 2.49. The highest BCUT2D eigenvalue weighted by Gasteiger charge is 2.45. The SMILES string of the molecule is CC1C(N)CCC(c2nc(C(=O)O)no2)C1(C)C. The fraction of sp³-hybridized carbons (Fsp3) is 0.750. The molecule has 1 heterocycles. The Balaban J connectivity index is 2.29. The van der Waals surface area contributed by atoms with Gasteiger partial charge in [-0.05, 0) is 29.3 Å². The van der Waals surface area contributed by atoms with Crippen LogP contribution in [0.25, 0.3) is 0 Å². The standard InChI is InChI=1S/C12H19N3O3/c1-6-8(13)5-4-7(12(6,2)3)10-14-9(11(16)17)15-18-10/h6-8H,4-5,13H2,1-3H3,(H,16,17). The van der Waals surface area contributed by atoms with Gasteiger partial charge in [0, 0.05) is 12.0 Å². The summed E-state index contributed by atoms with van der Waals surface area (Å²) in [4.78, 5) is 14.7. The Kier molecular flexibility index (Phi) is 3.14. The molecule has 3 atom stereocenters. The van der Waals surface area contributed by atoms with E-state index in [0.717, 1.165) is 12.8 Å². The first-order valence-electron chi connectivity index (χ1n) is 6.16. The topological polar surface area (TPSA) is 102 Å². The monoisotopic (exact) mass is 253 g/mol.